The number of para-hydroxylation sites is 1. The summed E-state index contributed by atoms with van der Waals surface area (Å²) < 4.78 is 9.94. The van der Waals surface area contributed by atoms with Gasteiger partial charge in [-0.05, 0) is 47.7 Å². The predicted octanol–water partition coefficient (Wildman–Crippen LogP) is 3.47. The van der Waals surface area contributed by atoms with Crippen LogP contribution in [0.1, 0.15) is 5.56 Å². The third kappa shape index (κ3) is 4.77. The van der Waals surface area contributed by atoms with Crippen molar-refractivity contribution in [2.24, 2.45) is 4.99 Å². The van der Waals surface area contributed by atoms with Gasteiger partial charge in [0.05, 0.1) is 17.7 Å². The van der Waals surface area contributed by atoms with E-state index in [4.69, 9.17) is 4.74 Å². The van der Waals surface area contributed by atoms with Crippen LogP contribution in [-0.4, -0.2) is 42.7 Å². The van der Waals surface area contributed by atoms with Gasteiger partial charge >= 0.3 is 5.97 Å². The maximum absolute atomic E-state index is 12.5. The third-order valence-corrected chi connectivity index (χ3v) is 4.78. The number of amides is 1. The van der Waals surface area contributed by atoms with Gasteiger partial charge in [-0.2, -0.15) is 0 Å². The first-order valence-electron chi connectivity index (χ1n) is 8.18. The number of aliphatic imine (C=N–C) groups is 1. The van der Waals surface area contributed by atoms with Crippen molar-refractivity contribution in [1.29, 1.82) is 0 Å². The summed E-state index contributed by atoms with van der Waals surface area (Å²) in [6, 6.07) is 16.6. The zero-order valence-electron chi connectivity index (χ0n) is 14.9. The van der Waals surface area contributed by atoms with Gasteiger partial charge in [0, 0.05) is 7.05 Å². The normalized spacial score (nSPS) is 16.8. The van der Waals surface area contributed by atoms with Crippen LogP contribution in [0.4, 0.5) is 5.69 Å². The first kappa shape index (κ1) is 18.7. The Kier molecular flexibility index (Phi) is 5.93. The van der Waals surface area contributed by atoms with Crippen molar-refractivity contribution in [2.75, 3.05) is 20.8 Å². The van der Waals surface area contributed by atoms with Crippen LogP contribution in [0, 0.1) is 0 Å². The highest BCUT2D eigenvalue weighted by Gasteiger charge is 2.30. The Morgan fingerprint density at radius 2 is 1.96 bits per heavy atom. The number of rotatable bonds is 5. The van der Waals surface area contributed by atoms with E-state index >= 15 is 0 Å². The Hall–Kier alpha value is -3.06. The summed E-state index contributed by atoms with van der Waals surface area (Å²) in [5.41, 5.74) is 1.58. The summed E-state index contributed by atoms with van der Waals surface area (Å²) in [5.74, 6) is -0.0454. The second kappa shape index (κ2) is 8.55. The minimum Gasteiger partial charge on any atom is -0.482 e. The quantitative estimate of drug-likeness (QED) is 0.585. The van der Waals surface area contributed by atoms with E-state index in [-0.39, 0.29) is 12.5 Å². The fraction of sp³-hybridized carbons (Fsp3) is 0.150. The number of esters is 1. The molecule has 0 atom stereocenters. The highest BCUT2D eigenvalue weighted by Crippen LogP contribution is 2.33. The standard InChI is InChI=1S/C20H18N2O4S/c1-22-19(24)17(27-20(22)21-15-8-4-3-5-9-15)12-14-7-6-10-16(11-14)26-13-18(23)25-2/h3-12H,13H2,1-2H3/b17-12+,21-20?. The third-order valence-electron chi connectivity index (χ3n) is 3.72. The van der Waals surface area contributed by atoms with Gasteiger partial charge in [-0.3, -0.25) is 9.69 Å². The highest BCUT2D eigenvalue weighted by molar-refractivity contribution is 8.18. The van der Waals surface area contributed by atoms with Crippen LogP contribution in [0.3, 0.4) is 0 Å². The second-order valence-electron chi connectivity index (χ2n) is 5.64. The van der Waals surface area contributed by atoms with Crippen LogP contribution < -0.4 is 4.74 Å². The molecule has 0 unspecified atom stereocenters. The van der Waals surface area contributed by atoms with E-state index < -0.39 is 5.97 Å². The summed E-state index contributed by atoms with van der Waals surface area (Å²) in [4.78, 5) is 30.3. The number of carbonyl (C=O) groups excluding carboxylic acids is 2. The second-order valence-corrected chi connectivity index (χ2v) is 6.65. The Morgan fingerprint density at radius 1 is 1.19 bits per heavy atom. The largest absolute Gasteiger partial charge is 0.482 e. The molecule has 0 aromatic heterocycles. The van der Waals surface area contributed by atoms with Crippen molar-refractivity contribution in [3.8, 4) is 5.75 Å². The molecule has 1 amide bonds. The molecule has 1 aliphatic rings. The zero-order valence-corrected chi connectivity index (χ0v) is 15.7. The molecule has 7 heteroatoms. The lowest BCUT2D eigenvalue weighted by Crippen LogP contribution is -2.23. The molecular formula is C20H18N2O4S. The fourth-order valence-corrected chi connectivity index (χ4v) is 3.30. The van der Waals surface area contributed by atoms with Gasteiger partial charge in [-0.25, -0.2) is 9.79 Å². The Labute approximate surface area is 161 Å². The number of ether oxygens (including phenoxy) is 2. The molecule has 1 saturated heterocycles. The number of hydrogen-bond acceptors (Lipinski definition) is 6. The smallest absolute Gasteiger partial charge is 0.343 e. The monoisotopic (exact) mass is 382 g/mol. The van der Waals surface area contributed by atoms with Crippen molar-refractivity contribution in [1.82, 2.24) is 4.90 Å². The SMILES string of the molecule is COC(=O)COc1cccc(/C=C2/SC(=Nc3ccccc3)N(C)C2=O)c1. The van der Waals surface area contributed by atoms with E-state index in [1.807, 2.05) is 36.4 Å². The number of carbonyl (C=O) groups is 2. The van der Waals surface area contributed by atoms with Gasteiger partial charge < -0.3 is 9.47 Å². The number of amidine groups is 1. The van der Waals surface area contributed by atoms with Crippen LogP contribution in [0.25, 0.3) is 6.08 Å². The van der Waals surface area contributed by atoms with Crippen molar-refractivity contribution in [2.45, 2.75) is 0 Å². The van der Waals surface area contributed by atoms with Crippen LogP contribution in [0.2, 0.25) is 0 Å². The van der Waals surface area contributed by atoms with Crippen molar-refractivity contribution in [3.05, 3.63) is 65.1 Å². The minimum atomic E-state index is -0.455. The summed E-state index contributed by atoms with van der Waals surface area (Å²) in [6.07, 6.45) is 1.78. The maximum atomic E-state index is 12.5. The molecule has 1 aliphatic heterocycles. The lowest BCUT2D eigenvalue weighted by atomic mass is 10.2. The summed E-state index contributed by atoms with van der Waals surface area (Å²) in [7, 11) is 3.01. The van der Waals surface area contributed by atoms with E-state index in [9.17, 15) is 9.59 Å². The lowest BCUT2D eigenvalue weighted by Gasteiger charge is -2.07. The molecule has 0 saturated carbocycles. The zero-order chi connectivity index (χ0) is 19.2. The molecule has 0 bridgehead atoms. The summed E-state index contributed by atoms with van der Waals surface area (Å²) in [6.45, 7) is -0.166. The lowest BCUT2D eigenvalue weighted by molar-refractivity contribution is -0.142. The maximum Gasteiger partial charge on any atom is 0.343 e. The van der Waals surface area contributed by atoms with E-state index in [0.29, 0.717) is 15.8 Å². The van der Waals surface area contributed by atoms with Crippen molar-refractivity contribution >= 4 is 40.6 Å². The Bertz CT molecular complexity index is 909. The van der Waals surface area contributed by atoms with Crippen LogP contribution in [0.5, 0.6) is 5.75 Å². The molecule has 0 spiro atoms. The molecule has 0 radical (unpaired) electrons. The molecule has 2 aromatic carbocycles. The Balaban J connectivity index is 1.78. The number of nitrogens with zero attached hydrogens (tertiary/aromatic N) is 2. The van der Waals surface area contributed by atoms with Gasteiger partial charge in [0.2, 0.25) is 0 Å². The van der Waals surface area contributed by atoms with E-state index in [2.05, 4.69) is 9.73 Å². The highest BCUT2D eigenvalue weighted by atomic mass is 32.2. The molecule has 3 rings (SSSR count). The summed E-state index contributed by atoms with van der Waals surface area (Å²) in [5, 5.41) is 0.621. The number of benzene rings is 2. The van der Waals surface area contributed by atoms with E-state index in [1.165, 1.54) is 23.8 Å². The number of likely N-dealkylation sites (N-methyl/N-ethyl adjacent to an activating group) is 1. The first-order valence-corrected chi connectivity index (χ1v) is 8.99. The predicted molar refractivity (Wildman–Crippen MR) is 106 cm³/mol. The van der Waals surface area contributed by atoms with Gasteiger partial charge in [-0.15, -0.1) is 0 Å². The van der Waals surface area contributed by atoms with E-state index in [0.717, 1.165) is 11.3 Å². The fourth-order valence-electron chi connectivity index (χ4n) is 2.31. The molecule has 0 N–H and O–H groups in total. The number of methoxy groups -OCH3 is 1. The van der Waals surface area contributed by atoms with Crippen molar-refractivity contribution in [3.63, 3.8) is 0 Å². The molecule has 138 valence electrons. The van der Waals surface area contributed by atoms with Gasteiger partial charge in [0.15, 0.2) is 11.8 Å². The first-order chi connectivity index (χ1) is 13.1. The molecule has 2 aromatic rings. The molecule has 0 aliphatic carbocycles. The number of hydrogen-bond donors (Lipinski definition) is 0. The average Bonchev–Trinajstić information content (AvgIpc) is 2.95. The number of thioether (sulfide) groups is 1. The van der Waals surface area contributed by atoms with Crippen LogP contribution >= 0.6 is 11.8 Å². The summed E-state index contributed by atoms with van der Waals surface area (Å²) >= 11 is 1.32. The van der Waals surface area contributed by atoms with Crippen LogP contribution in [0.15, 0.2) is 64.5 Å². The molecule has 6 nitrogen and oxygen atoms in total. The van der Waals surface area contributed by atoms with Gasteiger partial charge in [0.1, 0.15) is 5.75 Å². The van der Waals surface area contributed by atoms with Gasteiger partial charge in [-0.1, -0.05) is 30.3 Å². The van der Waals surface area contributed by atoms with Crippen LogP contribution in [-0.2, 0) is 14.3 Å². The molecule has 27 heavy (non-hydrogen) atoms. The minimum absolute atomic E-state index is 0.115. The topological polar surface area (TPSA) is 68.2 Å². The van der Waals surface area contributed by atoms with Gasteiger partial charge in [0.25, 0.3) is 5.91 Å². The van der Waals surface area contributed by atoms with Crippen molar-refractivity contribution < 1.29 is 19.1 Å². The Morgan fingerprint density at radius 3 is 2.70 bits per heavy atom. The molecule has 1 fully saturated rings. The van der Waals surface area contributed by atoms with E-state index in [1.54, 1.807) is 31.3 Å². The molecule has 1 heterocycles. The molecular weight excluding hydrogens is 364 g/mol. The average molecular weight is 382 g/mol.